The molecule has 8 nitrogen and oxygen atoms in total. The zero-order valence-electron chi connectivity index (χ0n) is 17.4. The van der Waals surface area contributed by atoms with E-state index in [1.165, 1.54) is 0 Å². The van der Waals surface area contributed by atoms with Gasteiger partial charge in [-0.1, -0.05) is 12.1 Å². The van der Waals surface area contributed by atoms with Crippen LogP contribution in [-0.2, 0) is 11.4 Å². The van der Waals surface area contributed by atoms with Crippen LogP contribution in [0.25, 0.3) is 0 Å². The molecule has 31 heavy (non-hydrogen) atoms. The van der Waals surface area contributed by atoms with Crippen LogP contribution in [0.3, 0.4) is 0 Å². The molecule has 0 spiro atoms. The first-order valence-electron chi connectivity index (χ1n) is 10.8. The smallest absolute Gasteiger partial charge is 0.303 e. The van der Waals surface area contributed by atoms with Gasteiger partial charge in [0, 0.05) is 31.6 Å². The third kappa shape index (κ3) is 5.59. The van der Waals surface area contributed by atoms with Crippen LogP contribution in [0, 0.1) is 5.92 Å². The number of hydrogen-bond donors (Lipinski definition) is 3. The molecule has 1 aromatic heterocycles. The van der Waals surface area contributed by atoms with Gasteiger partial charge in [0.2, 0.25) is 0 Å². The summed E-state index contributed by atoms with van der Waals surface area (Å²) in [6.07, 6.45) is 4.38. The van der Waals surface area contributed by atoms with Crippen molar-refractivity contribution in [2.24, 2.45) is 5.92 Å². The molecule has 1 aromatic carbocycles. The number of ether oxygens (including phenoxy) is 1. The molecule has 2 saturated heterocycles. The monoisotopic (exact) mass is 424 g/mol. The van der Waals surface area contributed by atoms with E-state index >= 15 is 0 Å². The zero-order chi connectivity index (χ0) is 21.6. The lowest BCUT2D eigenvalue weighted by Gasteiger charge is -2.31. The van der Waals surface area contributed by atoms with E-state index in [0.29, 0.717) is 31.0 Å². The Bertz CT molecular complexity index is 904. The number of piperidine rings is 1. The van der Waals surface area contributed by atoms with Crippen LogP contribution in [0.1, 0.15) is 53.3 Å². The van der Waals surface area contributed by atoms with Gasteiger partial charge >= 0.3 is 5.97 Å². The van der Waals surface area contributed by atoms with Crippen LogP contribution < -0.4 is 15.6 Å². The van der Waals surface area contributed by atoms with Gasteiger partial charge in [-0.2, -0.15) is 0 Å². The Morgan fingerprint density at radius 2 is 2.00 bits per heavy atom. The molecular weight excluding hydrogens is 396 g/mol. The lowest BCUT2D eigenvalue weighted by Crippen LogP contribution is -2.38. The van der Waals surface area contributed by atoms with Crippen molar-refractivity contribution in [1.29, 1.82) is 0 Å². The first-order valence-corrected chi connectivity index (χ1v) is 10.8. The minimum absolute atomic E-state index is 0.0145. The Kier molecular flexibility index (Phi) is 6.79. The quantitative estimate of drug-likeness (QED) is 0.627. The van der Waals surface area contributed by atoms with Crippen molar-refractivity contribution in [3.63, 3.8) is 0 Å². The molecule has 1 atom stereocenters. The number of nitrogens with one attached hydrogen (secondary N) is 2. The van der Waals surface area contributed by atoms with E-state index in [-0.39, 0.29) is 24.3 Å². The largest absolute Gasteiger partial charge is 0.487 e. The minimum Gasteiger partial charge on any atom is -0.487 e. The molecule has 0 saturated carbocycles. The van der Waals surface area contributed by atoms with E-state index in [2.05, 4.69) is 15.8 Å². The fourth-order valence-corrected chi connectivity index (χ4v) is 4.12. The topological polar surface area (TPSA) is 104 Å². The van der Waals surface area contributed by atoms with Gasteiger partial charge in [-0.05, 0) is 55.0 Å². The maximum atomic E-state index is 12.9. The van der Waals surface area contributed by atoms with Gasteiger partial charge in [0.1, 0.15) is 12.4 Å². The number of benzene rings is 1. The third-order valence-electron chi connectivity index (χ3n) is 5.90. The van der Waals surface area contributed by atoms with Crippen LogP contribution in [0.15, 0.2) is 42.6 Å². The summed E-state index contributed by atoms with van der Waals surface area (Å²) in [6, 6.07) is 11.6. The third-order valence-corrected chi connectivity index (χ3v) is 5.90. The molecule has 2 aliphatic heterocycles. The van der Waals surface area contributed by atoms with E-state index < -0.39 is 5.97 Å². The van der Waals surface area contributed by atoms with Gasteiger partial charge in [-0.15, -0.1) is 0 Å². The summed E-state index contributed by atoms with van der Waals surface area (Å²) >= 11 is 0. The fraction of sp³-hybridized carbons (Fsp3) is 0.435. The van der Waals surface area contributed by atoms with Gasteiger partial charge in [-0.3, -0.25) is 20.0 Å². The molecule has 2 aromatic rings. The Balaban J connectivity index is 1.31. The molecular formula is C23H28N4O4. The summed E-state index contributed by atoms with van der Waals surface area (Å²) in [5.74, 6) is 0.0581. The Morgan fingerprint density at radius 3 is 2.68 bits per heavy atom. The number of nitrogens with zero attached hydrogens (tertiary/aromatic N) is 2. The highest BCUT2D eigenvalue weighted by atomic mass is 16.5. The summed E-state index contributed by atoms with van der Waals surface area (Å²) in [7, 11) is 0. The number of rotatable bonds is 7. The van der Waals surface area contributed by atoms with Crippen LogP contribution in [0.4, 0.5) is 0 Å². The molecule has 2 aliphatic rings. The molecule has 0 bridgehead atoms. The van der Waals surface area contributed by atoms with Crippen molar-refractivity contribution in [2.75, 3.05) is 19.6 Å². The number of pyridine rings is 1. The Labute approximate surface area is 181 Å². The van der Waals surface area contributed by atoms with Crippen molar-refractivity contribution in [2.45, 2.75) is 38.3 Å². The first-order chi connectivity index (χ1) is 15.1. The second-order valence-corrected chi connectivity index (χ2v) is 8.15. The number of carbonyl (C=O) groups is 2. The summed E-state index contributed by atoms with van der Waals surface area (Å²) < 4.78 is 5.86. The second-order valence-electron chi connectivity index (χ2n) is 8.15. The molecule has 1 amide bonds. The van der Waals surface area contributed by atoms with Crippen LogP contribution in [-0.4, -0.2) is 46.5 Å². The summed E-state index contributed by atoms with van der Waals surface area (Å²) in [5, 5.41) is 8.94. The van der Waals surface area contributed by atoms with E-state index in [4.69, 9.17) is 9.84 Å². The van der Waals surface area contributed by atoms with E-state index in [1.807, 2.05) is 41.3 Å². The van der Waals surface area contributed by atoms with Crippen molar-refractivity contribution in [3.8, 4) is 5.75 Å². The lowest BCUT2D eigenvalue weighted by molar-refractivity contribution is -0.138. The molecule has 4 rings (SSSR count). The van der Waals surface area contributed by atoms with Crippen molar-refractivity contribution >= 4 is 11.9 Å². The van der Waals surface area contributed by atoms with Gasteiger partial charge in [0.05, 0.1) is 17.9 Å². The fourth-order valence-electron chi connectivity index (χ4n) is 4.12. The minimum atomic E-state index is -0.769. The van der Waals surface area contributed by atoms with Gasteiger partial charge in [-0.25, -0.2) is 5.43 Å². The summed E-state index contributed by atoms with van der Waals surface area (Å²) in [6.45, 7) is 2.48. The predicted molar refractivity (Wildman–Crippen MR) is 114 cm³/mol. The highest BCUT2D eigenvalue weighted by Gasteiger charge is 2.25. The van der Waals surface area contributed by atoms with Gasteiger partial charge < -0.3 is 14.7 Å². The van der Waals surface area contributed by atoms with E-state index in [9.17, 15) is 9.59 Å². The highest BCUT2D eigenvalue weighted by molar-refractivity contribution is 5.94. The number of amides is 1. The second kappa shape index (κ2) is 9.89. The van der Waals surface area contributed by atoms with Crippen LogP contribution in [0.2, 0.25) is 0 Å². The molecule has 0 aliphatic carbocycles. The maximum Gasteiger partial charge on any atom is 0.303 e. The van der Waals surface area contributed by atoms with Crippen molar-refractivity contribution in [3.05, 3.63) is 59.4 Å². The van der Waals surface area contributed by atoms with E-state index in [1.54, 1.807) is 6.20 Å². The SMILES string of the molecule is O=C(O)CC1CCN(C(=O)c2cccc(COc3ccc(C4CCNN4)nc3)c2)CC1. The molecule has 1 unspecified atom stereocenters. The number of hydrazine groups is 1. The molecule has 2 fully saturated rings. The van der Waals surface area contributed by atoms with Crippen LogP contribution >= 0.6 is 0 Å². The predicted octanol–water partition coefficient (Wildman–Crippen LogP) is 2.53. The lowest BCUT2D eigenvalue weighted by atomic mass is 9.93. The number of carboxylic acids is 1. The molecule has 3 N–H and O–H groups in total. The normalized spacial score (nSPS) is 19.4. The number of carboxylic acid groups (broad SMARTS) is 1. The molecule has 8 heteroatoms. The average molecular weight is 425 g/mol. The number of likely N-dealkylation sites (tertiary alicyclic amines) is 1. The first kappa shape index (κ1) is 21.3. The number of aliphatic carboxylic acids is 1. The molecule has 0 radical (unpaired) electrons. The number of carbonyl (C=O) groups excluding carboxylic acids is 1. The van der Waals surface area contributed by atoms with E-state index in [0.717, 1.165) is 37.1 Å². The van der Waals surface area contributed by atoms with Gasteiger partial charge in [0.25, 0.3) is 5.91 Å². The zero-order valence-corrected chi connectivity index (χ0v) is 17.4. The Hall–Kier alpha value is -2.97. The van der Waals surface area contributed by atoms with Gasteiger partial charge in [0.15, 0.2) is 0 Å². The molecule has 3 heterocycles. The standard InChI is InChI=1S/C23H28N4O4/c28-22(29)13-16-7-10-27(11-8-16)23(30)18-3-1-2-17(12-18)15-31-19-4-5-20(24-14-19)21-6-9-25-26-21/h1-5,12,14,16,21,25-26H,6-11,13,15H2,(H,28,29). The Morgan fingerprint density at radius 1 is 1.16 bits per heavy atom. The maximum absolute atomic E-state index is 12.9. The highest BCUT2D eigenvalue weighted by Crippen LogP contribution is 2.23. The van der Waals surface area contributed by atoms with Crippen molar-refractivity contribution in [1.82, 2.24) is 20.7 Å². The number of aromatic nitrogens is 1. The van der Waals surface area contributed by atoms with Crippen molar-refractivity contribution < 1.29 is 19.4 Å². The average Bonchev–Trinajstić information content (AvgIpc) is 3.33. The molecule has 164 valence electrons. The number of hydrogen-bond acceptors (Lipinski definition) is 6. The van der Waals surface area contributed by atoms with Crippen LogP contribution in [0.5, 0.6) is 5.75 Å². The summed E-state index contributed by atoms with van der Waals surface area (Å²) in [5.41, 5.74) is 8.82. The summed E-state index contributed by atoms with van der Waals surface area (Å²) in [4.78, 5) is 30.0.